The van der Waals surface area contributed by atoms with Gasteiger partial charge >= 0.3 is 5.97 Å². The molecule has 0 bridgehead atoms. The van der Waals surface area contributed by atoms with Crippen LogP contribution in [0.3, 0.4) is 0 Å². The summed E-state index contributed by atoms with van der Waals surface area (Å²) in [5, 5.41) is 14.9. The average molecular weight is 711 g/mol. The second kappa shape index (κ2) is 15.9. The molecular weight excluding hydrogens is 661 g/mol. The first-order valence-electron chi connectivity index (χ1n) is 17.8. The van der Waals surface area contributed by atoms with Crippen molar-refractivity contribution in [3.8, 4) is 0 Å². The molecule has 3 aromatic carbocycles. The molecule has 6 nitrogen and oxygen atoms in total. The highest BCUT2D eigenvalue weighted by Crippen LogP contribution is 2.49. The molecule has 0 unspecified atom stereocenters. The van der Waals surface area contributed by atoms with E-state index in [1.54, 1.807) is 11.3 Å². The zero-order valence-corrected chi connectivity index (χ0v) is 31.4. The number of hydrogen-bond acceptors (Lipinski definition) is 7. The van der Waals surface area contributed by atoms with Gasteiger partial charge in [-0.2, -0.15) is 0 Å². The van der Waals surface area contributed by atoms with E-state index in [1.165, 1.54) is 27.6 Å². The van der Waals surface area contributed by atoms with Gasteiger partial charge in [0.1, 0.15) is 0 Å². The van der Waals surface area contributed by atoms with Crippen molar-refractivity contribution >= 4 is 46.1 Å². The van der Waals surface area contributed by atoms with Crippen molar-refractivity contribution in [1.29, 1.82) is 0 Å². The maximum absolute atomic E-state index is 11.5. The smallest absolute Gasteiger partial charge is 0.305 e. The van der Waals surface area contributed by atoms with Gasteiger partial charge in [0, 0.05) is 28.3 Å². The minimum Gasteiger partial charge on any atom is -0.469 e. The van der Waals surface area contributed by atoms with Gasteiger partial charge in [-0.15, -0.1) is 11.3 Å². The summed E-state index contributed by atoms with van der Waals surface area (Å²) in [6, 6.07) is 32.3. The first-order chi connectivity index (χ1) is 24.2. The number of fused-ring (bicyclic) bond motifs is 1. The van der Waals surface area contributed by atoms with Crippen LogP contribution in [0.25, 0.3) is 10.1 Å². The Kier molecular flexibility index (Phi) is 11.6. The number of aliphatic hydroxyl groups is 1. The average Bonchev–Trinajstić information content (AvgIpc) is 3.84. The lowest BCUT2D eigenvalue weighted by Gasteiger charge is -2.44. The third kappa shape index (κ3) is 7.61. The van der Waals surface area contributed by atoms with E-state index < -0.39 is 20.2 Å². The molecule has 2 heterocycles. The van der Waals surface area contributed by atoms with Crippen molar-refractivity contribution < 1.29 is 28.5 Å². The fraction of sp³-hybridized carbons (Fsp3) is 0.405. The number of thiophene rings is 1. The zero-order valence-electron chi connectivity index (χ0n) is 29.6. The van der Waals surface area contributed by atoms with Crippen molar-refractivity contribution in [1.82, 2.24) is 0 Å². The summed E-state index contributed by atoms with van der Waals surface area (Å²) in [6.07, 6.45) is 10.7. The van der Waals surface area contributed by atoms with Gasteiger partial charge in [-0.3, -0.25) is 4.79 Å². The maximum atomic E-state index is 11.5. The lowest BCUT2D eigenvalue weighted by atomic mass is 9.88. The molecular formula is C42H50O6SSi. The van der Waals surface area contributed by atoms with E-state index in [4.69, 9.17) is 18.6 Å². The van der Waals surface area contributed by atoms with Crippen LogP contribution in [0.5, 0.6) is 0 Å². The topological polar surface area (TPSA) is 74.2 Å². The number of rotatable bonds is 13. The third-order valence-electron chi connectivity index (χ3n) is 10.2. The van der Waals surface area contributed by atoms with Crippen LogP contribution in [-0.2, 0) is 23.4 Å². The van der Waals surface area contributed by atoms with Gasteiger partial charge in [-0.05, 0) is 58.1 Å². The molecule has 2 aliphatic rings. The molecule has 4 atom stereocenters. The van der Waals surface area contributed by atoms with Crippen LogP contribution in [0, 0.1) is 11.8 Å². The van der Waals surface area contributed by atoms with Crippen molar-refractivity contribution in [3.63, 3.8) is 0 Å². The number of methoxy groups -OCH3 is 1. The van der Waals surface area contributed by atoms with Gasteiger partial charge in [0.25, 0.3) is 8.32 Å². The highest BCUT2D eigenvalue weighted by Gasteiger charge is 2.56. The summed E-state index contributed by atoms with van der Waals surface area (Å²) in [5.74, 6) is -1.35. The highest BCUT2D eigenvalue weighted by atomic mass is 32.1. The number of unbranched alkanes of at least 4 members (excludes halogenated alkanes) is 1. The largest absolute Gasteiger partial charge is 0.469 e. The quantitative estimate of drug-likeness (QED) is 0.0655. The Hall–Kier alpha value is -3.37. The molecule has 8 heteroatoms. The van der Waals surface area contributed by atoms with E-state index in [1.807, 2.05) is 0 Å². The lowest BCUT2D eigenvalue weighted by molar-refractivity contribution is -0.176. The van der Waals surface area contributed by atoms with Crippen molar-refractivity contribution in [3.05, 3.63) is 120 Å². The minimum absolute atomic E-state index is 0.0999. The number of esters is 1. The molecule has 50 heavy (non-hydrogen) atoms. The molecule has 0 radical (unpaired) electrons. The first kappa shape index (κ1) is 36.4. The summed E-state index contributed by atoms with van der Waals surface area (Å²) in [7, 11) is -1.52. The van der Waals surface area contributed by atoms with Crippen LogP contribution in [0.4, 0.5) is 0 Å². The second-order valence-corrected chi connectivity index (χ2v) is 19.8. The lowest BCUT2D eigenvalue weighted by Crippen LogP contribution is -2.66. The summed E-state index contributed by atoms with van der Waals surface area (Å²) in [5.41, 5.74) is 0. The summed E-state index contributed by atoms with van der Waals surface area (Å²) >= 11 is 1.77. The Morgan fingerprint density at radius 3 is 2.24 bits per heavy atom. The monoisotopic (exact) mass is 710 g/mol. The van der Waals surface area contributed by atoms with Crippen molar-refractivity contribution in [2.45, 2.75) is 75.9 Å². The molecule has 1 saturated heterocycles. The summed E-state index contributed by atoms with van der Waals surface area (Å²) < 4.78 is 26.5. The van der Waals surface area contributed by atoms with E-state index in [0.29, 0.717) is 32.5 Å². The molecule has 264 valence electrons. The van der Waals surface area contributed by atoms with E-state index in [2.05, 4.69) is 136 Å². The Morgan fingerprint density at radius 2 is 1.62 bits per heavy atom. The van der Waals surface area contributed by atoms with Crippen LogP contribution < -0.4 is 10.4 Å². The van der Waals surface area contributed by atoms with Crippen molar-refractivity contribution in [2.24, 2.45) is 11.8 Å². The van der Waals surface area contributed by atoms with Crippen molar-refractivity contribution in [2.75, 3.05) is 20.3 Å². The van der Waals surface area contributed by atoms with E-state index in [0.717, 1.165) is 17.7 Å². The van der Waals surface area contributed by atoms with E-state index in [-0.39, 0.29) is 28.9 Å². The molecule has 0 amide bonds. The van der Waals surface area contributed by atoms with Gasteiger partial charge < -0.3 is 23.7 Å². The first-order valence-corrected chi connectivity index (χ1v) is 20.5. The molecule has 1 spiro atoms. The highest BCUT2D eigenvalue weighted by molar-refractivity contribution is 7.19. The van der Waals surface area contributed by atoms with Gasteiger partial charge in [0.2, 0.25) is 0 Å². The van der Waals surface area contributed by atoms with Crippen LogP contribution >= 0.6 is 11.3 Å². The van der Waals surface area contributed by atoms with Gasteiger partial charge in [-0.1, -0.05) is 124 Å². The molecule has 2 fully saturated rings. The Morgan fingerprint density at radius 1 is 0.980 bits per heavy atom. The Labute approximate surface area is 301 Å². The standard InChI is InChI=1S/C42H50O6SSi/c1-41(2,3)50(32-18-9-7-10-19-32,33-20-11-8-12-21-33)48-37(39-29-31-17-15-16-23-38(31)49-39)26-25-35-34(22-13-5-6-14-24-40(44)45-4)36(43)30-42(35)46-27-28-47-42/h5,7-13,15-21,23,25-26,29,34-37,43H,6,14,22,24,27-28,30H2,1-4H3/b13-5+,26-25+/t34-,35-,36+,37-/m1/s1. The van der Waals surface area contributed by atoms with E-state index in [9.17, 15) is 9.90 Å². The number of hydrogen-bond donors (Lipinski definition) is 1. The summed E-state index contributed by atoms with van der Waals surface area (Å²) in [6.45, 7) is 7.93. The Balaban J connectivity index is 1.40. The summed E-state index contributed by atoms with van der Waals surface area (Å²) in [4.78, 5) is 12.7. The zero-order chi connectivity index (χ0) is 35.2. The van der Waals surface area contributed by atoms with Gasteiger partial charge in [-0.25, -0.2) is 0 Å². The molecule has 4 aromatic rings. The van der Waals surface area contributed by atoms with Crippen LogP contribution in [0.1, 0.15) is 63.9 Å². The second-order valence-electron chi connectivity index (χ2n) is 14.4. The molecule has 1 N–H and O–H groups in total. The molecule has 1 aromatic heterocycles. The van der Waals surface area contributed by atoms with Gasteiger partial charge in [0.05, 0.1) is 32.5 Å². The fourth-order valence-corrected chi connectivity index (χ4v) is 13.6. The molecule has 1 saturated carbocycles. The van der Waals surface area contributed by atoms with Crippen LogP contribution in [0.15, 0.2) is 115 Å². The Bertz CT molecular complexity index is 1680. The molecule has 1 aliphatic heterocycles. The number of aliphatic hydroxyl groups excluding tert-OH is 1. The predicted octanol–water partition coefficient (Wildman–Crippen LogP) is 8.10. The number of benzene rings is 3. The predicted molar refractivity (Wildman–Crippen MR) is 204 cm³/mol. The number of allylic oxidation sites excluding steroid dienone is 2. The minimum atomic E-state index is -2.94. The molecule has 1 aliphatic carbocycles. The third-order valence-corrected chi connectivity index (χ3v) is 16.4. The van der Waals surface area contributed by atoms with Crippen LogP contribution in [-0.4, -0.2) is 51.6 Å². The normalized spacial score (nSPS) is 21.5. The van der Waals surface area contributed by atoms with E-state index >= 15 is 0 Å². The maximum Gasteiger partial charge on any atom is 0.305 e. The SMILES string of the molecule is COC(=O)CCC/C=C/C[C@@H]1[C@@H](/C=C/[C@@H](O[Si](c2ccccc2)(c2ccccc2)C(C)(C)C)c2cc3ccccc3s2)C2(C[C@@H]1O)OCCO2. The number of ether oxygens (including phenoxy) is 3. The fourth-order valence-electron chi connectivity index (χ4n) is 7.79. The van der Waals surface area contributed by atoms with Gasteiger partial charge in [0.15, 0.2) is 5.79 Å². The molecule has 6 rings (SSSR count). The number of carbonyl (C=O) groups excluding carboxylic acids is 1. The number of carbonyl (C=O) groups is 1. The van der Waals surface area contributed by atoms with Crippen LogP contribution in [0.2, 0.25) is 5.04 Å².